The molecule has 6 rings (SSSR count). The fraction of sp³-hybridized carbons (Fsp3) is 0. The molecule has 1 heterocycles. The molecule has 5 heteroatoms. The number of amides is 1. The topological polar surface area (TPSA) is 37.4 Å². The second-order valence-corrected chi connectivity index (χ2v) is 15.4. The first-order valence-corrected chi connectivity index (χ1v) is 15.8. The fourth-order valence-electron chi connectivity index (χ4n) is 5.55. The summed E-state index contributed by atoms with van der Waals surface area (Å²) >= 11 is 8.41. The number of ketones is 1. The van der Waals surface area contributed by atoms with Crippen molar-refractivity contribution in [2.75, 3.05) is 4.90 Å². The third-order valence-electron chi connectivity index (χ3n) is 7.27. The van der Waals surface area contributed by atoms with Crippen LogP contribution in [0.2, 0.25) is 0 Å². The van der Waals surface area contributed by atoms with Gasteiger partial charge >= 0.3 is 233 Å². The standard InChI is InChI=1S/C34H25ClNO2P/c35-39(28-20-10-3-11-21-28,29-22-12-4-13-23-29,30-24-14-5-15-25-30)33-31(26-16-6-1-7-17-26)36(34(38)32(33)37)27-18-8-2-9-19-27/h1-25H. The first-order valence-electron chi connectivity index (χ1n) is 12.7. The Morgan fingerprint density at radius 3 is 1.26 bits per heavy atom. The summed E-state index contributed by atoms with van der Waals surface area (Å²) in [7, 11) is 0. The van der Waals surface area contributed by atoms with Crippen molar-refractivity contribution in [2.45, 2.75) is 0 Å². The van der Waals surface area contributed by atoms with Crippen molar-refractivity contribution in [1.29, 1.82) is 0 Å². The van der Waals surface area contributed by atoms with E-state index in [4.69, 9.17) is 11.2 Å². The number of anilines is 1. The molecule has 0 saturated carbocycles. The van der Waals surface area contributed by atoms with Gasteiger partial charge in [0.1, 0.15) is 0 Å². The second-order valence-electron chi connectivity index (χ2n) is 9.38. The Labute approximate surface area is 232 Å². The van der Waals surface area contributed by atoms with Crippen molar-refractivity contribution in [3.63, 3.8) is 0 Å². The van der Waals surface area contributed by atoms with Crippen molar-refractivity contribution in [2.24, 2.45) is 0 Å². The summed E-state index contributed by atoms with van der Waals surface area (Å²) in [6.45, 7) is 0. The van der Waals surface area contributed by atoms with E-state index in [1.807, 2.05) is 152 Å². The quantitative estimate of drug-likeness (QED) is 0.177. The second kappa shape index (κ2) is 9.78. The van der Waals surface area contributed by atoms with Gasteiger partial charge in [-0.3, -0.25) is 0 Å². The summed E-state index contributed by atoms with van der Waals surface area (Å²) in [6.07, 6.45) is 0. The van der Waals surface area contributed by atoms with Gasteiger partial charge in [-0.2, -0.15) is 0 Å². The number of Topliss-reactive ketones (excluding diaryl/α,β-unsaturated/α-hetero) is 1. The van der Waals surface area contributed by atoms with E-state index in [9.17, 15) is 9.59 Å². The zero-order valence-electron chi connectivity index (χ0n) is 21.0. The van der Waals surface area contributed by atoms with E-state index in [1.54, 1.807) is 0 Å². The van der Waals surface area contributed by atoms with Crippen molar-refractivity contribution in [1.82, 2.24) is 0 Å². The van der Waals surface area contributed by atoms with Crippen LogP contribution in [0.25, 0.3) is 5.70 Å². The van der Waals surface area contributed by atoms with Gasteiger partial charge in [-0.05, 0) is 0 Å². The summed E-state index contributed by atoms with van der Waals surface area (Å²) < 4.78 is 0. The van der Waals surface area contributed by atoms with Gasteiger partial charge in [0, 0.05) is 0 Å². The van der Waals surface area contributed by atoms with Crippen molar-refractivity contribution >= 4 is 56.2 Å². The van der Waals surface area contributed by atoms with Crippen molar-refractivity contribution < 1.29 is 9.59 Å². The third-order valence-corrected chi connectivity index (χ3v) is 14.6. The van der Waals surface area contributed by atoms with Crippen LogP contribution in [-0.2, 0) is 9.59 Å². The van der Waals surface area contributed by atoms with Crippen LogP contribution in [0.1, 0.15) is 5.56 Å². The summed E-state index contributed by atoms with van der Waals surface area (Å²) in [4.78, 5) is 30.2. The van der Waals surface area contributed by atoms with Gasteiger partial charge in [-0.15, -0.1) is 0 Å². The van der Waals surface area contributed by atoms with Gasteiger partial charge in [0.15, 0.2) is 0 Å². The predicted molar refractivity (Wildman–Crippen MR) is 163 cm³/mol. The normalized spacial score (nSPS) is 14.8. The zero-order valence-corrected chi connectivity index (χ0v) is 22.7. The summed E-state index contributed by atoms with van der Waals surface area (Å²) in [5.74, 6) is -5.53. The molecule has 1 aliphatic heterocycles. The Kier molecular flexibility index (Phi) is 6.27. The Balaban J connectivity index is 1.87. The monoisotopic (exact) mass is 545 g/mol. The van der Waals surface area contributed by atoms with E-state index in [0.717, 1.165) is 21.5 Å². The molecule has 0 aromatic heterocycles. The molecule has 190 valence electrons. The van der Waals surface area contributed by atoms with Gasteiger partial charge in [0.05, 0.1) is 0 Å². The first-order chi connectivity index (χ1) is 19.1. The van der Waals surface area contributed by atoms with Crippen molar-refractivity contribution in [3.05, 3.63) is 163 Å². The average Bonchev–Trinajstić information content (AvgIpc) is 3.29. The van der Waals surface area contributed by atoms with Gasteiger partial charge < -0.3 is 0 Å². The van der Waals surface area contributed by atoms with Crippen molar-refractivity contribution in [3.8, 4) is 0 Å². The molecule has 0 spiro atoms. The van der Waals surface area contributed by atoms with Gasteiger partial charge in [0.25, 0.3) is 0 Å². The van der Waals surface area contributed by atoms with Gasteiger partial charge in [-0.1, -0.05) is 0 Å². The number of nitrogens with zero attached hydrogens (tertiary/aromatic N) is 1. The number of benzene rings is 5. The first kappa shape index (κ1) is 25.0. The molecule has 0 atom stereocenters. The molecular weight excluding hydrogens is 521 g/mol. The molecule has 1 amide bonds. The van der Waals surface area contributed by atoms with Gasteiger partial charge in [-0.25, -0.2) is 0 Å². The molecule has 0 bridgehead atoms. The molecule has 0 unspecified atom stereocenters. The van der Waals surface area contributed by atoms with E-state index in [2.05, 4.69) is 0 Å². The van der Waals surface area contributed by atoms with Crippen LogP contribution in [0.3, 0.4) is 0 Å². The Morgan fingerprint density at radius 2 is 0.846 bits per heavy atom. The van der Waals surface area contributed by atoms with Crippen LogP contribution in [0, 0.1) is 0 Å². The third kappa shape index (κ3) is 3.70. The van der Waals surface area contributed by atoms with Crippen LogP contribution in [0.4, 0.5) is 5.69 Å². The average molecular weight is 546 g/mol. The maximum atomic E-state index is 14.5. The van der Waals surface area contributed by atoms with Crippen LogP contribution < -0.4 is 20.8 Å². The predicted octanol–water partition coefficient (Wildman–Crippen LogP) is 6.65. The summed E-state index contributed by atoms with van der Waals surface area (Å²) in [5.41, 5.74) is 1.87. The molecule has 5 aromatic rings. The van der Waals surface area contributed by atoms with Crippen LogP contribution in [0.15, 0.2) is 157 Å². The number of carbonyl (C=O) groups excluding carboxylic acids is 2. The summed E-state index contributed by atoms with van der Waals surface area (Å²) in [6, 6.07) is 48.1. The van der Waals surface area contributed by atoms with E-state index < -0.39 is 17.6 Å². The molecule has 0 radical (unpaired) electrons. The number of rotatable bonds is 6. The number of hydrogen-bond acceptors (Lipinski definition) is 2. The number of para-hydroxylation sites is 1. The minimum atomic E-state index is -4.31. The van der Waals surface area contributed by atoms with E-state index in [-0.39, 0.29) is 0 Å². The molecule has 0 aliphatic carbocycles. The van der Waals surface area contributed by atoms with Gasteiger partial charge in [0.2, 0.25) is 0 Å². The molecular formula is C34H25ClNO2P. The SMILES string of the molecule is O=C1C(=O)N(c2ccccc2)C(c2ccccc2)=C1P(Cl)(c1ccccc1)(c1ccccc1)c1ccccc1. The molecule has 1 aliphatic rings. The zero-order chi connectivity index (χ0) is 26.9. The molecule has 5 aromatic carbocycles. The number of hydrogen-bond donors (Lipinski definition) is 0. The van der Waals surface area contributed by atoms with Crippen LogP contribution >= 0.6 is 17.2 Å². The molecule has 0 saturated heterocycles. The van der Waals surface area contributed by atoms with Crippen LogP contribution in [-0.4, -0.2) is 11.7 Å². The van der Waals surface area contributed by atoms with E-state index in [0.29, 0.717) is 16.7 Å². The molecule has 0 N–H and O–H groups in total. The maximum absolute atomic E-state index is 14.5. The molecule has 39 heavy (non-hydrogen) atoms. The molecule has 0 fully saturated rings. The Bertz CT molecular complexity index is 1590. The Morgan fingerprint density at radius 1 is 0.487 bits per heavy atom. The molecule has 3 nitrogen and oxygen atoms in total. The summed E-state index contributed by atoms with van der Waals surface area (Å²) in [5, 5.41) is 2.71. The van der Waals surface area contributed by atoms with Crippen LogP contribution in [0.5, 0.6) is 0 Å². The van der Waals surface area contributed by atoms with E-state index >= 15 is 0 Å². The number of carbonyl (C=O) groups is 2. The Hall–Kier alpha value is -4.30. The minimum absolute atomic E-state index is 0.325. The number of halogens is 1. The fourth-order valence-corrected chi connectivity index (χ4v) is 12.0. The van der Waals surface area contributed by atoms with E-state index in [1.165, 1.54) is 4.90 Å².